The highest BCUT2D eigenvalue weighted by molar-refractivity contribution is 8.01. The van der Waals surface area contributed by atoms with Crippen LogP contribution in [0, 0.1) is 6.92 Å². The van der Waals surface area contributed by atoms with Gasteiger partial charge in [0.05, 0.1) is 10.3 Å². The van der Waals surface area contributed by atoms with Gasteiger partial charge in [-0.05, 0) is 37.6 Å². The molecule has 2 atom stereocenters. The normalized spacial score (nSPS) is 23.9. The van der Waals surface area contributed by atoms with Crippen molar-refractivity contribution in [2.24, 2.45) is 0 Å². The zero-order valence-electron chi connectivity index (χ0n) is 10.9. The van der Waals surface area contributed by atoms with E-state index in [0.29, 0.717) is 10.6 Å². The summed E-state index contributed by atoms with van der Waals surface area (Å²) in [5.41, 5.74) is 0.505. The lowest BCUT2D eigenvalue weighted by atomic mass is 10.2. The van der Waals surface area contributed by atoms with Gasteiger partial charge in [0.1, 0.15) is 6.04 Å². The molecule has 0 aromatic heterocycles. The summed E-state index contributed by atoms with van der Waals surface area (Å²) in [7, 11) is -3.86. The summed E-state index contributed by atoms with van der Waals surface area (Å²) < 4.78 is 26.5. The minimum Gasteiger partial charge on any atom is -0.480 e. The number of carboxylic acids is 1. The van der Waals surface area contributed by atoms with Crippen molar-refractivity contribution in [1.29, 1.82) is 0 Å². The second-order valence-electron chi connectivity index (χ2n) is 4.53. The maximum atomic E-state index is 12.7. The van der Waals surface area contributed by atoms with Crippen molar-refractivity contribution in [3.8, 4) is 0 Å². The molecule has 5 nitrogen and oxygen atoms in total. The third-order valence-corrected chi connectivity index (χ3v) is 6.86. The number of halogens is 1. The molecule has 0 aliphatic carbocycles. The first kappa shape index (κ1) is 15.6. The van der Waals surface area contributed by atoms with E-state index in [4.69, 9.17) is 11.6 Å². The lowest BCUT2D eigenvalue weighted by Gasteiger charge is -2.25. The van der Waals surface area contributed by atoms with Crippen molar-refractivity contribution in [3.05, 3.63) is 28.8 Å². The molecule has 0 saturated carbocycles. The van der Waals surface area contributed by atoms with Crippen molar-refractivity contribution < 1.29 is 18.3 Å². The fraction of sp³-hybridized carbons (Fsp3) is 0.417. The molecule has 20 heavy (non-hydrogen) atoms. The van der Waals surface area contributed by atoms with Crippen LogP contribution in [0.1, 0.15) is 12.5 Å². The topological polar surface area (TPSA) is 74.7 Å². The van der Waals surface area contributed by atoms with E-state index in [-0.39, 0.29) is 10.6 Å². The van der Waals surface area contributed by atoms with Gasteiger partial charge in [-0.2, -0.15) is 4.31 Å². The van der Waals surface area contributed by atoms with Crippen LogP contribution in [0.3, 0.4) is 0 Å². The molecule has 1 aliphatic heterocycles. The van der Waals surface area contributed by atoms with Gasteiger partial charge in [-0.3, -0.25) is 4.79 Å². The van der Waals surface area contributed by atoms with Crippen molar-refractivity contribution >= 4 is 39.4 Å². The maximum absolute atomic E-state index is 12.7. The SMILES string of the molecule is Cc1cc(Cl)ccc1S(=O)(=O)N1C(C)SCC1C(=O)O. The molecule has 1 N–H and O–H groups in total. The van der Waals surface area contributed by atoms with E-state index in [0.717, 1.165) is 4.31 Å². The Morgan fingerprint density at radius 1 is 1.50 bits per heavy atom. The lowest BCUT2D eigenvalue weighted by Crippen LogP contribution is -2.44. The molecular formula is C12H14ClNO4S2. The Morgan fingerprint density at radius 3 is 2.70 bits per heavy atom. The van der Waals surface area contributed by atoms with Gasteiger partial charge in [0.2, 0.25) is 10.0 Å². The Bertz CT molecular complexity index is 647. The quantitative estimate of drug-likeness (QED) is 0.916. The standard InChI is InChI=1S/C12H14ClNO4S2/c1-7-5-9(13)3-4-11(7)20(17,18)14-8(2)19-6-10(14)12(15)16/h3-5,8,10H,6H2,1-2H3,(H,15,16). The smallest absolute Gasteiger partial charge is 0.322 e. The molecule has 0 bridgehead atoms. The number of carbonyl (C=O) groups is 1. The molecule has 0 radical (unpaired) electrons. The first-order valence-electron chi connectivity index (χ1n) is 5.89. The fourth-order valence-electron chi connectivity index (χ4n) is 2.19. The zero-order chi connectivity index (χ0) is 15.1. The predicted molar refractivity (Wildman–Crippen MR) is 78.6 cm³/mol. The monoisotopic (exact) mass is 335 g/mol. The van der Waals surface area contributed by atoms with Gasteiger partial charge in [0.25, 0.3) is 0 Å². The van der Waals surface area contributed by atoms with Crippen LogP contribution in [0.5, 0.6) is 0 Å². The van der Waals surface area contributed by atoms with Crippen LogP contribution in [0.2, 0.25) is 5.02 Å². The van der Waals surface area contributed by atoms with E-state index in [1.165, 1.54) is 23.9 Å². The third-order valence-electron chi connectivity index (χ3n) is 3.14. The molecular weight excluding hydrogens is 322 g/mol. The van der Waals surface area contributed by atoms with Crippen LogP contribution >= 0.6 is 23.4 Å². The highest BCUT2D eigenvalue weighted by atomic mass is 35.5. The van der Waals surface area contributed by atoms with Crippen LogP contribution in [0.4, 0.5) is 0 Å². The summed E-state index contributed by atoms with van der Waals surface area (Å²) in [6.45, 7) is 3.33. The highest BCUT2D eigenvalue weighted by Gasteiger charge is 2.44. The largest absolute Gasteiger partial charge is 0.480 e. The van der Waals surface area contributed by atoms with Gasteiger partial charge in [-0.25, -0.2) is 8.42 Å². The van der Waals surface area contributed by atoms with Gasteiger partial charge < -0.3 is 5.11 Å². The Balaban J connectivity index is 2.51. The minimum atomic E-state index is -3.86. The van der Waals surface area contributed by atoms with Crippen molar-refractivity contribution in [3.63, 3.8) is 0 Å². The molecule has 1 aliphatic rings. The van der Waals surface area contributed by atoms with Crippen LogP contribution in [-0.4, -0.2) is 41.0 Å². The number of benzene rings is 1. The van der Waals surface area contributed by atoms with E-state index < -0.39 is 27.4 Å². The Morgan fingerprint density at radius 2 is 2.15 bits per heavy atom. The van der Waals surface area contributed by atoms with Crippen LogP contribution < -0.4 is 0 Å². The number of nitrogens with zero attached hydrogens (tertiary/aromatic N) is 1. The number of aryl methyl sites for hydroxylation is 1. The average molecular weight is 336 g/mol. The summed E-state index contributed by atoms with van der Waals surface area (Å²) >= 11 is 7.14. The van der Waals surface area contributed by atoms with E-state index in [1.54, 1.807) is 19.9 Å². The second-order valence-corrected chi connectivity index (χ2v) is 8.13. The molecule has 1 fully saturated rings. The number of hydrogen-bond acceptors (Lipinski definition) is 4. The fourth-order valence-corrected chi connectivity index (χ4v) is 5.91. The van der Waals surface area contributed by atoms with Crippen LogP contribution in [0.25, 0.3) is 0 Å². The van der Waals surface area contributed by atoms with Crippen LogP contribution in [0.15, 0.2) is 23.1 Å². The Kier molecular flexibility index (Phi) is 4.34. The molecule has 110 valence electrons. The first-order chi connectivity index (χ1) is 9.25. The predicted octanol–water partition coefficient (Wildman–Crippen LogP) is 2.19. The van der Waals surface area contributed by atoms with Crippen molar-refractivity contribution in [2.75, 3.05) is 5.75 Å². The van der Waals surface area contributed by atoms with E-state index in [1.807, 2.05) is 0 Å². The van der Waals surface area contributed by atoms with Gasteiger partial charge in [0, 0.05) is 10.8 Å². The first-order valence-corrected chi connectivity index (χ1v) is 8.76. The van der Waals surface area contributed by atoms with E-state index in [2.05, 4.69) is 0 Å². The van der Waals surface area contributed by atoms with Crippen LogP contribution in [-0.2, 0) is 14.8 Å². The lowest BCUT2D eigenvalue weighted by molar-refractivity contribution is -0.140. The van der Waals surface area contributed by atoms with Gasteiger partial charge >= 0.3 is 5.97 Å². The second kappa shape index (κ2) is 5.55. The summed E-state index contributed by atoms with van der Waals surface area (Å²) in [5.74, 6) is -0.875. The average Bonchev–Trinajstić information content (AvgIpc) is 2.71. The summed E-state index contributed by atoms with van der Waals surface area (Å²) in [6, 6.07) is 3.43. The molecule has 1 aromatic rings. The Hall–Kier alpha value is -0.760. The number of carboxylic acid groups (broad SMARTS) is 1. The molecule has 1 saturated heterocycles. The third kappa shape index (κ3) is 2.67. The molecule has 0 spiro atoms. The van der Waals surface area contributed by atoms with Gasteiger partial charge in [-0.15, -0.1) is 11.8 Å². The summed E-state index contributed by atoms with van der Waals surface area (Å²) in [5, 5.41) is 9.22. The maximum Gasteiger partial charge on any atom is 0.322 e. The summed E-state index contributed by atoms with van der Waals surface area (Å²) in [4.78, 5) is 11.3. The molecule has 1 heterocycles. The molecule has 1 aromatic carbocycles. The number of sulfonamides is 1. The van der Waals surface area contributed by atoms with Gasteiger partial charge in [-0.1, -0.05) is 11.6 Å². The molecule has 0 amide bonds. The number of aliphatic carboxylic acids is 1. The van der Waals surface area contributed by atoms with E-state index >= 15 is 0 Å². The van der Waals surface area contributed by atoms with Crippen molar-refractivity contribution in [2.45, 2.75) is 30.2 Å². The summed E-state index contributed by atoms with van der Waals surface area (Å²) in [6.07, 6.45) is 0. The molecule has 2 rings (SSSR count). The zero-order valence-corrected chi connectivity index (χ0v) is 13.3. The number of rotatable bonds is 3. The molecule has 2 unspecified atom stereocenters. The Labute approximate surface area is 127 Å². The number of thioether (sulfide) groups is 1. The van der Waals surface area contributed by atoms with Crippen molar-refractivity contribution in [1.82, 2.24) is 4.31 Å². The number of hydrogen-bond donors (Lipinski definition) is 1. The molecule has 8 heteroatoms. The van der Waals surface area contributed by atoms with Gasteiger partial charge in [0.15, 0.2) is 0 Å². The van der Waals surface area contributed by atoms with E-state index in [9.17, 15) is 18.3 Å². The highest BCUT2D eigenvalue weighted by Crippen LogP contribution is 2.35. The minimum absolute atomic E-state index is 0.0995.